The summed E-state index contributed by atoms with van der Waals surface area (Å²) < 4.78 is 19.2. The van der Waals surface area contributed by atoms with E-state index in [9.17, 15) is 5.11 Å². The van der Waals surface area contributed by atoms with Crippen molar-refractivity contribution in [3.63, 3.8) is 0 Å². The Kier molecular flexibility index (Phi) is 3.78. The number of hydrogen-bond acceptors (Lipinski definition) is 4. The predicted octanol–water partition coefficient (Wildman–Crippen LogP) is 3.71. The van der Waals surface area contributed by atoms with Gasteiger partial charge in [-0.05, 0) is 50.2 Å². The average molecular weight is 367 g/mol. The molecule has 0 aromatic rings. The lowest BCUT2D eigenvalue weighted by Crippen LogP contribution is -2.51. The molecule has 1 heterocycles. The minimum absolute atomic E-state index is 0.0766. The van der Waals surface area contributed by atoms with Gasteiger partial charge in [0.05, 0.1) is 12.2 Å². The van der Waals surface area contributed by atoms with Crippen LogP contribution in [0.25, 0.3) is 0 Å². The van der Waals surface area contributed by atoms with Crippen molar-refractivity contribution >= 4 is 8.32 Å². The number of ether oxygens (including phenoxy) is 2. The van der Waals surface area contributed by atoms with Crippen molar-refractivity contribution in [3.05, 3.63) is 12.2 Å². The monoisotopic (exact) mass is 366 g/mol. The molecule has 1 saturated heterocycles. The molecular formula is C20H34O4Si. The molecular weight excluding hydrogens is 332 g/mol. The molecule has 2 bridgehead atoms. The minimum atomic E-state index is -1.87. The maximum atomic E-state index is 11.1. The third-order valence-corrected chi connectivity index (χ3v) is 12.2. The van der Waals surface area contributed by atoms with Crippen LogP contribution in [0.1, 0.15) is 41.0 Å². The molecule has 4 nitrogen and oxygen atoms in total. The smallest absolute Gasteiger partial charge is 0.192 e. The molecule has 0 spiro atoms. The fourth-order valence-corrected chi connectivity index (χ4v) is 6.52. The fourth-order valence-electron chi connectivity index (χ4n) is 5.48. The SMILES string of the molecule is CC1(C)O[C@H]2[C@H](O)C3[C@@H]4C=C[C@@H](C4)[C@]3(CO[Si](C)(C)C(C)(C)C)[C@H]2O1. The number of allylic oxidation sites excluding steroid dienone is 2. The molecule has 3 fully saturated rings. The molecule has 5 heteroatoms. The van der Waals surface area contributed by atoms with Gasteiger partial charge in [0.2, 0.25) is 0 Å². The molecule has 4 aliphatic rings. The Morgan fingerprint density at radius 3 is 2.52 bits per heavy atom. The van der Waals surface area contributed by atoms with Gasteiger partial charge in [-0.1, -0.05) is 32.9 Å². The highest BCUT2D eigenvalue weighted by Gasteiger charge is 2.73. The summed E-state index contributed by atoms with van der Waals surface area (Å²) >= 11 is 0. The molecule has 1 aliphatic heterocycles. The maximum absolute atomic E-state index is 11.1. The van der Waals surface area contributed by atoms with Crippen LogP contribution in [0.5, 0.6) is 0 Å². The molecule has 0 aromatic carbocycles. The molecule has 7 atom stereocenters. The first-order valence-electron chi connectivity index (χ1n) is 9.75. The number of aliphatic hydroxyl groups is 1. The van der Waals surface area contributed by atoms with Gasteiger partial charge < -0.3 is 19.0 Å². The summed E-state index contributed by atoms with van der Waals surface area (Å²) in [4.78, 5) is 0. The summed E-state index contributed by atoms with van der Waals surface area (Å²) in [5.41, 5.74) is -0.146. The van der Waals surface area contributed by atoms with Crippen molar-refractivity contribution in [1.82, 2.24) is 0 Å². The summed E-state index contributed by atoms with van der Waals surface area (Å²) in [5.74, 6) is 0.424. The van der Waals surface area contributed by atoms with Crippen LogP contribution in [0.4, 0.5) is 0 Å². The third-order valence-electron chi connectivity index (χ3n) is 7.74. The van der Waals surface area contributed by atoms with Crippen LogP contribution in [0.15, 0.2) is 12.2 Å². The Balaban J connectivity index is 1.68. The van der Waals surface area contributed by atoms with E-state index >= 15 is 0 Å². The van der Waals surface area contributed by atoms with Crippen molar-refractivity contribution in [2.75, 3.05) is 6.61 Å². The second-order valence-electron chi connectivity index (χ2n) is 10.6. The largest absolute Gasteiger partial charge is 0.416 e. The van der Waals surface area contributed by atoms with Crippen LogP contribution in [0.3, 0.4) is 0 Å². The number of aliphatic hydroxyl groups excluding tert-OH is 1. The van der Waals surface area contributed by atoms with E-state index in [-0.39, 0.29) is 28.6 Å². The summed E-state index contributed by atoms with van der Waals surface area (Å²) in [5, 5.41) is 11.3. The van der Waals surface area contributed by atoms with E-state index in [4.69, 9.17) is 13.9 Å². The molecule has 3 aliphatic carbocycles. The van der Waals surface area contributed by atoms with Gasteiger partial charge in [0.25, 0.3) is 0 Å². The zero-order valence-electron chi connectivity index (χ0n) is 16.7. The second kappa shape index (κ2) is 5.19. The first-order chi connectivity index (χ1) is 11.4. The van der Waals surface area contributed by atoms with Crippen LogP contribution in [0.2, 0.25) is 18.1 Å². The van der Waals surface area contributed by atoms with Gasteiger partial charge in [0, 0.05) is 17.9 Å². The summed E-state index contributed by atoms with van der Waals surface area (Å²) in [6.45, 7) is 16.0. The van der Waals surface area contributed by atoms with Crippen molar-refractivity contribution < 1.29 is 19.0 Å². The van der Waals surface area contributed by atoms with Crippen LogP contribution < -0.4 is 0 Å². The Morgan fingerprint density at radius 1 is 1.20 bits per heavy atom. The highest BCUT2D eigenvalue weighted by Crippen LogP contribution is 2.67. The molecule has 4 rings (SSSR count). The number of rotatable bonds is 3. The second-order valence-corrected chi connectivity index (χ2v) is 15.4. The van der Waals surface area contributed by atoms with Crippen molar-refractivity contribution in [2.45, 2.75) is 83.3 Å². The maximum Gasteiger partial charge on any atom is 0.192 e. The van der Waals surface area contributed by atoms with Gasteiger partial charge >= 0.3 is 0 Å². The Bertz CT molecular complexity index is 593. The van der Waals surface area contributed by atoms with E-state index < -0.39 is 20.2 Å². The van der Waals surface area contributed by atoms with Gasteiger partial charge in [0.1, 0.15) is 6.10 Å². The normalized spacial score (nSPS) is 47.4. The van der Waals surface area contributed by atoms with E-state index in [1.165, 1.54) is 0 Å². The minimum Gasteiger partial charge on any atom is -0.416 e. The molecule has 0 aromatic heterocycles. The van der Waals surface area contributed by atoms with Crippen molar-refractivity contribution in [1.29, 1.82) is 0 Å². The highest BCUT2D eigenvalue weighted by molar-refractivity contribution is 6.74. The fraction of sp³-hybridized carbons (Fsp3) is 0.900. The van der Waals surface area contributed by atoms with Crippen molar-refractivity contribution in [3.8, 4) is 0 Å². The standard InChI is InChI=1S/C20H34O4Si/c1-18(2,3)25(6,7)22-11-20-13-9-8-12(10-13)14(20)15(21)16-17(20)24-19(4,5)23-16/h8-9,12-17,21H,10-11H2,1-7H3/t12-,13+,14?,15-,16+,17+,20+/m1/s1. The van der Waals surface area contributed by atoms with Gasteiger partial charge in [0.15, 0.2) is 14.1 Å². The molecule has 0 radical (unpaired) electrons. The third kappa shape index (κ3) is 2.39. The lowest BCUT2D eigenvalue weighted by molar-refractivity contribution is -0.190. The highest BCUT2D eigenvalue weighted by atomic mass is 28.4. The van der Waals surface area contributed by atoms with E-state index in [1.54, 1.807) is 0 Å². The van der Waals surface area contributed by atoms with Gasteiger partial charge in [-0.2, -0.15) is 0 Å². The molecule has 2 saturated carbocycles. The lowest BCUT2D eigenvalue weighted by atomic mass is 9.69. The van der Waals surface area contributed by atoms with Gasteiger partial charge in [-0.15, -0.1) is 0 Å². The first kappa shape index (κ1) is 18.2. The molecule has 1 unspecified atom stereocenters. The van der Waals surface area contributed by atoms with E-state index in [1.807, 2.05) is 13.8 Å². The zero-order valence-corrected chi connectivity index (χ0v) is 17.7. The van der Waals surface area contributed by atoms with Crippen LogP contribution in [-0.4, -0.2) is 44.1 Å². The average Bonchev–Trinajstić information content (AvgIpc) is 3.17. The van der Waals surface area contributed by atoms with Crippen LogP contribution in [0, 0.1) is 23.2 Å². The molecule has 0 amide bonds. The topological polar surface area (TPSA) is 47.9 Å². The van der Waals surface area contributed by atoms with E-state index in [0.29, 0.717) is 18.4 Å². The Hall–Kier alpha value is -0.203. The molecule has 1 N–H and O–H groups in total. The van der Waals surface area contributed by atoms with Crippen LogP contribution in [-0.2, 0) is 13.9 Å². The molecule has 142 valence electrons. The number of hydrogen-bond donors (Lipinski definition) is 1. The van der Waals surface area contributed by atoms with Gasteiger partial charge in [-0.3, -0.25) is 0 Å². The summed E-state index contributed by atoms with van der Waals surface area (Å²) in [6, 6.07) is 0. The van der Waals surface area contributed by atoms with Crippen molar-refractivity contribution in [2.24, 2.45) is 23.2 Å². The van der Waals surface area contributed by atoms with Gasteiger partial charge in [-0.25, -0.2) is 0 Å². The zero-order chi connectivity index (χ0) is 18.4. The predicted molar refractivity (Wildman–Crippen MR) is 99.6 cm³/mol. The van der Waals surface area contributed by atoms with Crippen LogP contribution >= 0.6 is 0 Å². The summed E-state index contributed by atoms with van der Waals surface area (Å²) in [6.07, 6.45) is 5.00. The summed E-state index contributed by atoms with van der Waals surface area (Å²) in [7, 11) is -1.87. The lowest BCUT2D eigenvalue weighted by Gasteiger charge is -2.45. The Morgan fingerprint density at radius 2 is 1.88 bits per heavy atom. The Labute approximate surface area is 153 Å². The quantitative estimate of drug-likeness (QED) is 0.611. The first-order valence-corrected chi connectivity index (χ1v) is 12.7. The van der Waals surface area contributed by atoms with E-state index in [0.717, 1.165) is 6.42 Å². The number of fused-ring (bicyclic) bond motifs is 7. The van der Waals surface area contributed by atoms with E-state index in [2.05, 4.69) is 46.0 Å². The molecule has 25 heavy (non-hydrogen) atoms.